The highest BCUT2D eigenvalue weighted by atomic mass is 32.1. The van der Waals surface area contributed by atoms with Gasteiger partial charge in [0.15, 0.2) is 0 Å². The lowest BCUT2D eigenvalue weighted by Gasteiger charge is -2.20. The standard InChI is InChI=1S/C15H15N3O3S/c19-13(16-11-7-10-5-6-12(11)20-10)8-1-3-9(4-2-8)14-17-18-15(22)21-14/h1-4,10-12H,5-7H2,(H,16,19)(H,18,22). The van der Waals surface area contributed by atoms with Crippen LogP contribution in [0.1, 0.15) is 29.6 Å². The Hall–Kier alpha value is -1.99. The largest absolute Gasteiger partial charge is 0.409 e. The first-order valence-corrected chi connectivity index (χ1v) is 7.72. The summed E-state index contributed by atoms with van der Waals surface area (Å²) in [6, 6.07) is 7.23. The molecule has 22 heavy (non-hydrogen) atoms. The summed E-state index contributed by atoms with van der Waals surface area (Å²) < 4.78 is 11.0. The number of fused-ring (bicyclic) bond motifs is 2. The Bertz CT molecular complexity index is 752. The minimum Gasteiger partial charge on any atom is -0.409 e. The topological polar surface area (TPSA) is 80.1 Å². The van der Waals surface area contributed by atoms with E-state index in [2.05, 4.69) is 15.5 Å². The summed E-state index contributed by atoms with van der Waals surface area (Å²) in [5.41, 5.74) is 1.38. The van der Waals surface area contributed by atoms with E-state index in [4.69, 9.17) is 21.4 Å². The second-order valence-electron chi connectivity index (χ2n) is 5.69. The average molecular weight is 317 g/mol. The fourth-order valence-corrected chi connectivity index (χ4v) is 3.28. The summed E-state index contributed by atoms with van der Waals surface area (Å²) in [5.74, 6) is 0.342. The number of carbonyl (C=O) groups excluding carboxylic acids is 1. The van der Waals surface area contributed by atoms with E-state index >= 15 is 0 Å². The van der Waals surface area contributed by atoms with Crippen molar-refractivity contribution in [3.8, 4) is 11.5 Å². The van der Waals surface area contributed by atoms with Crippen LogP contribution in [0.25, 0.3) is 11.5 Å². The summed E-state index contributed by atoms with van der Waals surface area (Å²) in [4.78, 5) is 12.5. The highest BCUT2D eigenvalue weighted by Crippen LogP contribution is 2.34. The molecule has 0 aliphatic carbocycles. The summed E-state index contributed by atoms with van der Waals surface area (Å²) in [6.07, 6.45) is 3.58. The van der Waals surface area contributed by atoms with Crippen LogP contribution >= 0.6 is 12.2 Å². The quantitative estimate of drug-likeness (QED) is 0.850. The van der Waals surface area contributed by atoms with E-state index in [1.807, 2.05) is 0 Å². The number of nitrogens with one attached hydrogen (secondary N) is 2. The predicted octanol–water partition coefficient (Wildman–Crippen LogP) is 2.45. The van der Waals surface area contributed by atoms with Gasteiger partial charge < -0.3 is 14.5 Å². The third-order valence-corrected chi connectivity index (χ3v) is 4.43. The molecule has 3 unspecified atom stereocenters. The maximum atomic E-state index is 12.3. The number of ether oxygens (including phenoxy) is 1. The van der Waals surface area contributed by atoms with Crippen molar-refractivity contribution < 1.29 is 13.9 Å². The molecule has 2 aromatic rings. The van der Waals surface area contributed by atoms with Gasteiger partial charge in [-0.25, -0.2) is 5.10 Å². The van der Waals surface area contributed by atoms with Crippen molar-refractivity contribution in [2.24, 2.45) is 0 Å². The highest BCUT2D eigenvalue weighted by molar-refractivity contribution is 7.71. The summed E-state index contributed by atoms with van der Waals surface area (Å²) in [6.45, 7) is 0. The molecule has 1 aromatic heterocycles. The second kappa shape index (κ2) is 5.33. The molecule has 1 aromatic carbocycles. The molecule has 3 heterocycles. The van der Waals surface area contributed by atoms with Crippen molar-refractivity contribution in [1.29, 1.82) is 0 Å². The van der Waals surface area contributed by atoms with Gasteiger partial charge in [-0.05, 0) is 55.7 Å². The van der Waals surface area contributed by atoms with E-state index in [1.54, 1.807) is 24.3 Å². The predicted molar refractivity (Wildman–Crippen MR) is 80.9 cm³/mol. The van der Waals surface area contributed by atoms with Crippen LogP contribution in [-0.4, -0.2) is 34.4 Å². The van der Waals surface area contributed by atoms with Crippen molar-refractivity contribution in [2.45, 2.75) is 37.5 Å². The van der Waals surface area contributed by atoms with Gasteiger partial charge in [-0.1, -0.05) is 0 Å². The van der Waals surface area contributed by atoms with Gasteiger partial charge >= 0.3 is 0 Å². The zero-order valence-electron chi connectivity index (χ0n) is 11.7. The van der Waals surface area contributed by atoms with E-state index in [1.165, 1.54) is 0 Å². The van der Waals surface area contributed by atoms with Crippen molar-refractivity contribution in [1.82, 2.24) is 15.5 Å². The van der Waals surface area contributed by atoms with Crippen LogP contribution < -0.4 is 5.32 Å². The lowest BCUT2D eigenvalue weighted by atomic mass is 9.95. The number of nitrogens with zero attached hydrogens (tertiary/aromatic N) is 1. The van der Waals surface area contributed by atoms with Crippen LogP contribution in [0.2, 0.25) is 0 Å². The summed E-state index contributed by atoms with van der Waals surface area (Å²) in [5, 5.41) is 9.59. The Kier molecular flexibility index (Phi) is 3.31. The molecule has 1 amide bonds. The maximum Gasteiger partial charge on any atom is 0.284 e. The molecule has 2 N–H and O–H groups in total. The number of hydrogen-bond acceptors (Lipinski definition) is 5. The summed E-state index contributed by atoms with van der Waals surface area (Å²) in [7, 11) is 0. The van der Waals surface area contributed by atoms with Crippen molar-refractivity contribution in [3.63, 3.8) is 0 Å². The van der Waals surface area contributed by atoms with Crippen LogP contribution in [0.5, 0.6) is 0 Å². The average Bonchev–Trinajstić information content (AvgIpc) is 3.24. The molecule has 2 aliphatic rings. The second-order valence-corrected chi connectivity index (χ2v) is 6.06. The highest BCUT2D eigenvalue weighted by Gasteiger charge is 2.41. The first-order valence-electron chi connectivity index (χ1n) is 7.31. The van der Waals surface area contributed by atoms with Gasteiger partial charge in [-0.3, -0.25) is 4.79 Å². The SMILES string of the molecule is O=C(NC1CC2CCC1O2)c1ccc(-c2n[nH]c(=S)o2)cc1. The monoisotopic (exact) mass is 317 g/mol. The minimum absolute atomic E-state index is 0.0735. The third-order valence-electron chi connectivity index (χ3n) is 4.25. The number of carbonyl (C=O) groups is 1. The van der Waals surface area contributed by atoms with Crippen LogP contribution in [0.4, 0.5) is 0 Å². The Labute approximate surface area is 131 Å². The van der Waals surface area contributed by atoms with Gasteiger partial charge in [0.05, 0.1) is 18.2 Å². The van der Waals surface area contributed by atoms with E-state index in [0.717, 1.165) is 24.8 Å². The molecular formula is C15H15N3O3S. The Morgan fingerprint density at radius 2 is 2.14 bits per heavy atom. The molecule has 0 radical (unpaired) electrons. The number of H-pyrrole nitrogens is 1. The van der Waals surface area contributed by atoms with Crippen LogP contribution in [0.3, 0.4) is 0 Å². The van der Waals surface area contributed by atoms with E-state index in [-0.39, 0.29) is 22.9 Å². The lowest BCUT2D eigenvalue weighted by Crippen LogP contribution is -2.41. The molecular weight excluding hydrogens is 302 g/mol. The van der Waals surface area contributed by atoms with E-state index < -0.39 is 0 Å². The number of hydrogen-bond donors (Lipinski definition) is 2. The molecule has 0 spiro atoms. The maximum absolute atomic E-state index is 12.3. The van der Waals surface area contributed by atoms with Gasteiger partial charge in [0.2, 0.25) is 5.89 Å². The van der Waals surface area contributed by atoms with E-state index in [0.29, 0.717) is 17.6 Å². The number of rotatable bonds is 3. The third kappa shape index (κ3) is 2.46. The molecule has 2 saturated heterocycles. The van der Waals surface area contributed by atoms with Crippen LogP contribution in [0.15, 0.2) is 28.7 Å². The van der Waals surface area contributed by atoms with Crippen molar-refractivity contribution in [2.75, 3.05) is 0 Å². The lowest BCUT2D eigenvalue weighted by molar-refractivity contribution is 0.0841. The molecule has 0 saturated carbocycles. The number of amides is 1. The minimum atomic E-state index is -0.0735. The molecule has 2 bridgehead atoms. The van der Waals surface area contributed by atoms with Crippen molar-refractivity contribution >= 4 is 18.1 Å². The molecule has 6 nitrogen and oxygen atoms in total. The Balaban J connectivity index is 1.46. The van der Waals surface area contributed by atoms with Gasteiger partial charge in [-0.15, -0.1) is 5.10 Å². The number of benzene rings is 1. The molecule has 3 atom stereocenters. The molecule has 2 aliphatic heterocycles. The Morgan fingerprint density at radius 1 is 1.32 bits per heavy atom. The zero-order chi connectivity index (χ0) is 15.1. The zero-order valence-corrected chi connectivity index (χ0v) is 12.6. The van der Waals surface area contributed by atoms with Gasteiger partial charge in [0.1, 0.15) is 0 Å². The summed E-state index contributed by atoms with van der Waals surface area (Å²) >= 11 is 4.85. The fraction of sp³-hybridized carbons (Fsp3) is 0.400. The fourth-order valence-electron chi connectivity index (χ4n) is 3.16. The normalized spacial score (nSPS) is 26.3. The molecule has 4 rings (SSSR count). The Morgan fingerprint density at radius 3 is 2.73 bits per heavy atom. The smallest absolute Gasteiger partial charge is 0.284 e. The van der Waals surface area contributed by atoms with E-state index in [9.17, 15) is 4.79 Å². The molecule has 114 valence electrons. The number of aromatic amines is 1. The number of aromatic nitrogens is 2. The van der Waals surface area contributed by atoms with Crippen LogP contribution in [-0.2, 0) is 4.74 Å². The van der Waals surface area contributed by atoms with Gasteiger partial charge in [0, 0.05) is 11.1 Å². The van der Waals surface area contributed by atoms with Crippen molar-refractivity contribution in [3.05, 3.63) is 34.7 Å². The molecule has 7 heteroatoms. The first kappa shape index (κ1) is 13.7. The first-order chi connectivity index (χ1) is 10.7. The van der Waals surface area contributed by atoms with Crippen LogP contribution in [0, 0.1) is 4.84 Å². The molecule has 2 fully saturated rings. The van der Waals surface area contributed by atoms with Gasteiger partial charge in [0.25, 0.3) is 10.7 Å². The van der Waals surface area contributed by atoms with Gasteiger partial charge in [-0.2, -0.15) is 0 Å².